The number of hydrogen-bond donors (Lipinski definition) is 1. The van der Waals surface area contributed by atoms with Gasteiger partial charge in [0.1, 0.15) is 11.5 Å². The largest absolute Gasteiger partial charge is 0.465 e. The third kappa shape index (κ3) is 3.24. The molecule has 0 saturated heterocycles. The van der Waals surface area contributed by atoms with E-state index in [-0.39, 0.29) is 5.91 Å². The van der Waals surface area contributed by atoms with Crippen LogP contribution in [0.3, 0.4) is 0 Å². The molecule has 1 aliphatic heterocycles. The molecular weight excluding hydrogens is 316 g/mol. The predicted octanol–water partition coefficient (Wildman–Crippen LogP) is 3.44. The Labute approximate surface area is 139 Å². The van der Waals surface area contributed by atoms with Gasteiger partial charge in [-0.15, -0.1) is 0 Å². The lowest BCUT2D eigenvalue weighted by Gasteiger charge is -2.20. The molecule has 0 saturated carbocycles. The minimum absolute atomic E-state index is 0.239. The van der Waals surface area contributed by atoms with Crippen molar-refractivity contribution in [2.45, 2.75) is 32.4 Å². The second-order valence-corrected chi connectivity index (χ2v) is 6.12. The lowest BCUT2D eigenvalue weighted by Crippen LogP contribution is -2.44. The van der Waals surface area contributed by atoms with Crippen LogP contribution in [0.15, 0.2) is 46.0 Å². The zero-order chi connectivity index (χ0) is 16.4. The van der Waals surface area contributed by atoms with Gasteiger partial charge in [-0.3, -0.25) is 4.79 Å². The Morgan fingerprint density at radius 2 is 2.13 bits per heavy atom. The number of amides is 1. The summed E-state index contributed by atoms with van der Waals surface area (Å²) in [5, 5.41) is 7.45. The Morgan fingerprint density at radius 3 is 2.83 bits per heavy atom. The molecule has 1 aromatic carbocycles. The van der Waals surface area contributed by atoms with Gasteiger partial charge in [0, 0.05) is 17.0 Å². The van der Waals surface area contributed by atoms with E-state index in [4.69, 9.17) is 20.9 Å². The minimum Gasteiger partial charge on any atom is -0.465 e. The topological polar surface area (TPSA) is 63.8 Å². The quantitative estimate of drug-likeness (QED) is 0.932. The molecule has 3 rings (SSSR count). The van der Waals surface area contributed by atoms with Crippen LogP contribution in [-0.4, -0.2) is 17.2 Å². The fourth-order valence-corrected chi connectivity index (χ4v) is 2.68. The van der Waals surface area contributed by atoms with Crippen molar-refractivity contribution in [2.24, 2.45) is 5.16 Å². The number of carbonyl (C=O) groups excluding carboxylic acids is 1. The molecule has 1 aromatic heterocycles. The number of nitrogens with zero attached hydrogens (tertiary/aromatic N) is 1. The molecule has 6 heteroatoms. The number of furan rings is 1. The van der Waals surface area contributed by atoms with Gasteiger partial charge in [0.2, 0.25) is 5.60 Å². The molecule has 5 nitrogen and oxygen atoms in total. The summed E-state index contributed by atoms with van der Waals surface area (Å²) in [6.45, 7) is 3.88. The molecule has 2 aromatic rings. The van der Waals surface area contributed by atoms with Crippen molar-refractivity contribution in [1.29, 1.82) is 0 Å². The molecule has 0 fully saturated rings. The monoisotopic (exact) mass is 332 g/mol. The van der Waals surface area contributed by atoms with Crippen molar-refractivity contribution in [3.05, 3.63) is 58.5 Å². The molecule has 1 N–H and O–H groups in total. The van der Waals surface area contributed by atoms with Crippen molar-refractivity contribution in [3.8, 4) is 0 Å². The molecule has 1 atom stereocenters. The summed E-state index contributed by atoms with van der Waals surface area (Å²) >= 11 is 6.17. The number of hydrogen-bond acceptors (Lipinski definition) is 4. The van der Waals surface area contributed by atoms with Gasteiger partial charge in [0.25, 0.3) is 5.91 Å². The Balaban J connectivity index is 1.65. The van der Waals surface area contributed by atoms with Gasteiger partial charge >= 0.3 is 0 Å². The average Bonchev–Trinajstić information content (AvgIpc) is 3.12. The first-order valence-electron chi connectivity index (χ1n) is 7.31. The van der Waals surface area contributed by atoms with Crippen LogP contribution < -0.4 is 5.32 Å². The minimum atomic E-state index is -1.05. The second kappa shape index (κ2) is 6.08. The zero-order valence-corrected chi connectivity index (χ0v) is 13.7. The number of halogens is 1. The summed E-state index contributed by atoms with van der Waals surface area (Å²) in [5.74, 6) is 1.27. The predicted molar refractivity (Wildman–Crippen MR) is 87.4 cm³/mol. The van der Waals surface area contributed by atoms with Crippen molar-refractivity contribution in [3.63, 3.8) is 0 Å². The summed E-state index contributed by atoms with van der Waals surface area (Å²) in [4.78, 5) is 17.8. The fraction of sp³-hybridized carbons (Fsp3) is 0.294. The molecule has 23 heavy (non-hydrogen) atoms. The van der Waals surface area contributed by atoms with Gasteiger partial charge in [-0.25, -0.2) is 0 Å². The first-order valence-corrected chi connectivity index (χ1v) is 7.69. The van der Waals surface area contributed by atoms with E-state index in [0.29, 0.717) is 29.5 Å². The number of oxime groups is 1. The van der Waals surface area contributed by atoms with Gasteiger partial charge in [-0.05, 0) is 32.0 Å². The van der Waals surface area contributed by atoms with Gasteiger partial charge in [0.05, 0.1) is 12.3 Å². The number of carbonyl (C=O) groups is 1. The van der Waals surface area contributed by atoms with E-state index >= 15 is 0 Å². The number of aryl methyl sites for hydroxylation is 1. The highest BCUT2D eigenvalue weighted by atomic mass is 35.5. The first kappa shape index (κ1) is 15.6. The van der Waals surface area contributed by atoms with E-state index in [1.807, 2.05) is 37.3 Å². The molecule has 120 valence electrons. The van der Waals surface area contributed by atoms with Crippen LogP contribution >= 0.6 is 11.6 Å². The summed E-state index contributed by atoms with van der Waals surface area (Å²) in [6, 6.07) is 11.1. The van der Waals surface area contributed by atoms with E-state index in [9.17, 15) is 4.79 Å². The maximum atomic E-state index is 12.4. The summed E-state index contributed by atoms with van der Waals surface area (Å²) in [7, 11) is 0. The van der Waals surface area contributed by atoms with Gasteiger partial charge < -0.3 is 14.6 Å². The number of nitrogens with one attached hydrogen (secondary N) is 1. The van der Waals surface area contributed by atoms with Gasteiger partial charge in [-0.1, -0.05) is 35.0 Å². The molecule has 1 amide bonds. The van der Waals surface area contributed by atoms with E-state index in [0.717, 1.165) is 11.3 Å². The molecule has 0 aliphatic carbocycles. The summed E-state index contributed by atoms with van der Waals surface area (Å²) in [5.41, 5.74) is 0.408. The molecule has 0 bridgehead atoms. The van der Waals surface area contributed by atoms with E-state index in [1.54, 1.807) is 13.0 Å². The first-order chi connectivity index (χ1) is 11.0. The van der Waals surface area contributed by atoms with Crippen molar-refractivity contribution >= 4 is 23.2 Å². The molecular formula is C17H17ClN2O3. The second-order valence-electron chi connectivity index (χ2n) is 5.71. The summed E-state index contributed by atoms with van der Waals surface area (Å²) < 4.78 is 5.43. The van der Waals surface area contributed by atoms with Crippen LogP contribution in [0.1, 0.15) is 30.4 Å². The zero-order valence-electron chi connectivity index (χ0n) is 12.9. The third-order valence-corrected chi connectivity index (χ3v) is 4.08. The average molecular weight is 333 g/mol. The molecule has 1 aliphatic rings. The molecule has 0 spiro atoms. The smallest absolute Gasteiger partial charge is 0.267 e. The maximum Gasteiger partial charge on any atom is 0.267 e. The van der Waals surface area contributed by atoms with Crippen LogP contribution in [0.2, 0.25) is 5.02 Å². The van der Waals surface area contributed by atoms with Crippen LogP contribution in [0.5, 0.6) is 0 Å². The maximum absolute atomic E-state index is 12.4. The highest BCUT2D eigenvalue weighted by molar-refractivity contribution is 6.34. The Bertz CT molecular complexity index is 769. The number of benzene rings is 1. The van der Waals surface area contributed by atoms with Crippen LogP contribution in [0.4, 0.5) is 0 Å². The standard InChI is InChI=1S/C17H17ClN2O3/c1-11-7-8-12(22-11)10-19-16(21)17(2)9-15(20-23-17)13-5-3-4-6-14(13)18/h3-8H,9-10H2,1-2H3,(H,19,21). The van der Waals surface area contributed by atoms with E-state index in [2.05, 4.69) is 10.5 Å². The van der Waals surface area contributed by atoms with Gasteiger partial charge in [-0.2, -0.15) is 0 Å². The normalized spacial score (nSPS) is 20.0. The van der Waals surface area contributed by atoms with Crippen LogP contribution in [0.25, 0.3) is 0 Å². The highest BCUT2D eigenvalue weighted by Crippen LogP contribution is 2.29. The molecule has 1 unspecified atom stereocenters. The van der Waals surface area contributed by atoms with E-state index in [1.165, 1.54) is 0 Å². The Kier molecular flexibility index (Phi) is 4.13. The Hall–Kier alpha value is -2.27. The lowest BCUT2D eigenvalue weighted by molar-refractivity contribution is -0.142. The SMILES string of the molecule is Cc1ccc(CNC(=O)C2(C)CC(c3ccccc3Cl)=NO2)o1. The fourth-order valence-electron chi connectivity index (χ4n) is 2.44. The van der Waals surface area contributed by atoms with Crippen LogP contribution in [-0.2, 0) is 16.2 Å². The van der Waals surface area contributed by atoms with Gasteiger partial charge in [0.15, 0.2) is 0 Å². The Morgan fingerprint density at radius 1 is 1.35 bits per heavy atom. The van der Waals surface area contributed by atoms with Crippen molar-refractivity contribution < 1.29 is 14.0 Å². The van der Waals surface area contributed by atoms with Crippen LogP contribution in [0, 0.1) is 6.92 Å². The number of rotatable bonds is 4. The molecule has 0 radical (unpaired) electrons. The van der Waals surface area contributed by atoms with E-state index < -0.39 is 5.60 Å². The summed E-state index contributed by atoms with van der Waals surface area (Å²) in [6.07, 6.45) is 0.361. The third-order valence-electron chi connectivity index (χ3n) is 3.75. The highest BCUT2D eigenvalue weighted by Gasteiger charge is 2.42. The lowest BCUT2D eigenvalue weighted by atomic mass is 9.95. The van der Waals surface area contributed by atoms with Crippen molar-refractivity contribution in [2.75, 3.05) is 0 Å². The van der Waals surface area contributed by atoms with Crippen molar-refractivity contribution in [1.82, 2.24) is 5.32 Å². The molecule has 2 heterocycles.